The van der Waals surface area contributed by atoms with Gasteiger partial charge in [-0.25, -0.2) is 8.42 Å². The predicted octanol–water partition coefficient (Wildman–Crippen LogP) is 2.58. The lowest BCUT2D eigenvalue weighted by Gasteiger charge is -2.05. The van der Waals surface area contributed by atoms with Gasteiger partial charge < -0.3 is 4.98 Å². The van der Waals surface area contributed by atoms with Crippen LogP contribution in [0.3, 0.4) is 0 Å². The summed E-state index contributed by atoms with van der Waals surface area (Å²) in [5.41, 5.74) is 1.05. The van der Waals surface area contributed by atoms with E-state index in [9.17, 15) is 13.2 Å². The van der Waals surface area contributed by atoms with Crippen LogP contribution in [0.25, 0.3) is 0 Å². The summed E-state index contributed by atoms with van der Waals surface area (Å²) in [6.07, 6.45) is 1.42. The van der Waals surface area contributed by atoms with Gasteiger partial charge in [0.1, 0.15) is 5.03 Å². The van der Waals surface area contributed by atoms with E-state index in [1.54, 1.807) is 12.1 Å². The topological polar surface area (TPSA) is 67.0 Å². The predicted molar refractivity (Wildman–Crippen MR) is 72.5 cm³/mol. The van der Waals surface area contributed by atoms with E-state index in [-0.39, 0.29) is 21.4 Å². The Hall–Kier alpha value is -1.59. The van der Waals surface area contributed by atoms with E-state index >= 15 is 0 Å². The third kappa shape index (κ3) is 2.57. The molecule has 0 saturated carbocycles. The van der Waals surface area contributed by atoms with Crippen LogP contribution < -0.4 is 0 Å². The molecule has 0 atom stereocenters. The molecular formula is C13H12ClNO3S. The Morgan fingerprint density at radius 3 is 2.42 bits per heavy atom. The summed E-state index contributed by atoms with van der Waals surface area (Å²) in [6.45, 7) is 1.87. The van der Waals surface area contributed by atoms with Crippen LogP contribution in [0.5, 0.6) is 0 Å². The molecule has 0 aliphatic rings. The molecule has 0 amide bonds. The molecule has 0 saturated heterocycles. The summed E-state index contributed by atoms with van der Waals surface area (Å²) >= 11 is 5.47. The Bertz CT molecular complexity index is 702. The van der Waals surface area contributed by atoms with Gasteiger partial charge in [0.15, 0.2) is 5.78 Å². The molecule has 100 valence electrons. The van der Waals surface area contributed by atoms with Gasteiger partial charge in [0.25, 0.3) is 0 Å². The molecule has 0 bridgehead atoms. The fourth-order valence-electron chi connectivity index (χ4n) is 1.70. The van der Waals surface area contributed by atoms with Crippen LogP contribution in [0.4, 0.5) is 0 Å². The summed E-state index contributed by atoms with van der Waals surface area (Å²) in [6, 6.07) is 7.87. The number of hydrogen-bond donors (Lipinski definition) is 1. The number of ketones is 1. The quantitative estimate of drug-likeness (QED) is 0.697. The molecule has 6 heteroatoms. The van der Waals surface area contributed by atoms with Gasteiger partial charge in [-0.15, -0.1) is 11.6 Å². The second kappa shape index (κ2) is 5.19. The smallest absolute Gasteiger partial charge is 0.222 e. The molecule has 1 N–H and O–H groups in total. The number of H-pyrrole nitrogens is 1. The van der Waals surface area contributed by atoms with Crippen LogP contribution in [0.2, 0.25) is 0 Å². The molecule has 1 heterocycles. The number of hydrogen-bond acceptors (Lipinski definition) is 3. The highest BCUT2D eigenvalue weighted by Gasteiger charge is 2.25. The van der Waals surface area contributed by atoms with E-state index in [2.05, 4.69) is 4.98 Å². The first-order valence-corrected chi connectivity index (χ1v) is 7.57. The third-order valence-electron chi connectivity index (χ3n) is 2.73. The number of aromatic amines is 1. The first-order valence-electron chi connectivity index (χ1n) is 5.55. The Balaban J connectivity index is 2.54. The summed E-state index contributed by atoms with van der Waals surface area (Å²) in [4.78, 5) is 14.4. The van der Waals surface area contributed by atoms with Crippen molar-refractivity contribution >= 4 is 27.2 Å². The second-order valence-corrected chi connectivity index (χ2v) is 6.25. The fourth-order valence-corrected chi connectivity index (χ4v) is 3.27. The zero-order chi connectivity index (χ0) is 14.0. The largest absolute Gasteiger partial charge is 0.352 e. The molecule has 19 heavy (non-hydrogen) atoms. The Morgan fingerprint density at radius 1 is 1.21 bits per heavy atom. The van der Waals surface area contributed by atoms with Gasteiger partial charge >= 0.3 is 0 Å². The van der Waals surface area contributed by atoms with Crippen molar-refractivity contribution in [2.75, 3.05) is 5.88 Å². The fraction of sp³-hybridized carbons (Fsp3) is 0.154. The molecule has 4 nitrogen and oxygen atoms in total. The number of nitrogens with one attached hydrogen (secondary N) is 1. The van der Waals surface area contributed by atoms with Gasteiger partial charge in [0.05, 0.1) is 16.3 Å². The van der Waals surface area contributed by atoms with Crippen molar-refractivity contribution in [3.8, 4) is 0 Å². The average Bonchev–Trinajstić information content (AvgIpc) is 2.88. The lowest BCUT2D eigenvalue weighted by Crippen LogP contribution is -2.09. The molecule has 0 aliphatic heterocycles. The average molecular weight is 298 g/mol. The number of sulfone groups is 1. The minimum absolute atomic E-state index is 0.0931. The second-order valence-electron chi connectivity index (χ2n) is 4.09. The Labute approximate surface area is 116 Å². The SMILES string of the molecule is Cc1ccc(S(=O)(=O)c2[nH]ccc2C(=O)CCl)cc1. The first-order chi connectivity index (χ1) is 8.96. The number of carbonyl (C=O) groups is 1. The minimum Gasteiger partial charge on any atom is -0.352 e. The number of alkyl halides is 1. The van der Waals surface area contributed by atoms with Crippen LogP contribution >= 0.6 is 11.6 Å². The molecule has 0 spiro atoms. The zero-order valence-electron chi connectivity index (χ0n) is 10.2. The molecule has 0 unspecified atom stereocenters. The van der Waals surface area contributed by atoms with Gasteiger partial charge in [-0.3, -0.25) is 4.79 Å². The number of aryl methyl sites for hydroxylation is 1. The van der Waals surface area contributed by atoms with Crippen molar-refractivity contribution in [2.24, 2.45) is 0 Å². The number of rotatable bonds is 4. The van der Waals surface area contributed by atoms with E-state index in [4.69, 9.17) is 11.6 Å². The van der Waals surface area contributed by atoms with E-state index in [0.29, 0.717) is 0 Å². The first kappa shape index (κ1) is 13.8. The number of aromatic nitrogens is 1. The van der Waals surface area contributed by atoms with E-state index in [0.717, 1.165) is 5.56 Å². The maximum Gasteiger partial charge on any atom is 0.222 e. The summed E-state index contributed by atoms with van der Waals surface area (Å²) in [5.74, 6) is -0.678. The van der Waals surface area contributed by atoms with Crippen LogP contribution in [-0.2, 0) is 9.84 Å². The molecule has 0 radical (unpaired) electrons. The molecule has 1 aromatic carbocycles. The summed E-state index contributed by atoms with van der Waals surface area (Å²) in [7, 11) is -3.73. The highest BCUT2D eigenvalue weighted by atomic mass is 35.5. The highest BCUT2D eigenvalue weighted by Crippen LogP contribution is 2.23. The Kier molecular flexibility index (Phi) is 3.78. The standard InChI is InChI=1S/C13H12ClNO3S/c1-9-2-4-10(5-3-9)19(17,18)13-11(6-7-15-13)12(16)8-14/h2-7,15H,8H2,1H3. The van der Waals surface area contributed by atoms with Crippen LogP contribution in [0, 0.1) is 6.92 Å². The Morgan fingerprint density at radius 2 is 1.84 bits per heavy atom. The van der Waals surface area contributed by atoms with Crippen molar-refractivity contribution in [3.63, 3.8) is 0 Å². The number of halogens is 1. The minimum atomic E-state index is -3.73. The molecule has 2 rings (SSSR count). The monoisotopic (exact) mass is 297 g/mol. The zero-order valence-corrected chi connectivity index (χ0v) is 11.8. The van der Waals surface area contributed by atoms with Crippen molar-refractivity contribution in [2.45, 2.75) is 16.8 Å². The lowest BCUT2D eigenvalue weighted by molar-refractivity contribution is 0.101. The van der Waals surface area contributed by atoms with Crippen molar-refractivity contribution in [3.05, 3.63) is 47.7 Å². The number of benzene rings is 1. The van der Waals surface area contributed by atoms with E-state index in [1.165, 1.54) is 24.4 Å². The number of Topliss-reactive ketones (excluding diaryl/α,β-unsaturated/α-hetero) is 1. The maximum absolute atomic E-state index is 12.4. The van der Waals surface area contributed by atoms with Gasteiger partial charge in [-0.1, -0.05) is 17.7 Å². The molecule has 1 aromatic heterocycles. The number of carbonyl (C=O) groups excluding carboxylic acids is 1. The van der Waals surface area contributed by atoms with E-state index < -0.39 is 15.6 Å². The highest BCUT2D eigenvalue weighted by molar-refractivity contribution is 7.91. The molecule has 2 aromatic rings. The van der Waals surface area contributed by atoms with Crippen LogP contribution in [-0.4, -0.2) is 25.1 Å². The maximum atomic E-state index is 12.4. The van der Waals surface area contributed by atoms with Crippen LogP contribution in [0.1, 0.15) is 15.9 Å². The lowest BCUT2D eigenvalue weighted by atomic mass is 10.2. The van der Waals surface area contributed by atoms with Gasteiger partial charge in [0, 0.05) is 6.20 Å². The van der Waals surface area contributed by atoms with Gasteiger partial charge in [-0.05, 0) is 25.1 Å². The van der Waals surface area contributed by atoms with E-state index in [1.807, 2.05) is 6.92 Å². The third-order valence-corrected chi connectivity index (χ3v) is 4.74. The molecule has 0 fully saturated rings. The van der Waals surface area contributed by atoms with Gasteiger partial charge in [-0.2, -0.15) is 0 Å². The van der Waals surface area contributed by atoms with Crippen LogP contribution in [0.15, 0.2) is 46.5 Å². The summed E-state index contributed by atoms with van der Waals surface area (Å²) in [5, 5.41) is -0.109. The summed E-state index contributed by atoms with van der Waals surface area (Å²) < 4.78 is 24.8. The molecular weight excluding hydrogens is 286 g/mol. The normalized spacial score (nSPS) is 11.5. The van der Waals surface area contributed by atoms with Crippen molar-refractivity contribution < 1.29 is 13.2 Å². The van der Waals surface area contributed by atoms with Crippen molar-refractivity contribution in [1.82, 2.24) is 4.98 Å². The van der Waals surface area contributed by atoms with Gasteiger partial charge in [0.2, 0.25) is 9.84 Å². The molecule has 0 aliphatic carbocycles. The van der Waals surface area contributed by atoms with Crippen molar-refractivity contribution in [1.29, 1.82) is 0 Å².